The third kappa shape index (κ3) is 4.19. The summed E-state index contributed by atoms with van der Waals surface area (Å²) in [5.74, 6) is -0.888. The lowest BCUT2D eigenvalue weighted by Crippen LogP contribution is -2.37. The van der Waals surface area contributed by atoms with Crippen LogP contribution < -0.4 is 0 Å². The van der Waals surface area contributed by atoms with E-state index in [-0.39, 0.29) is 6.10 Å². The molecule has 23 heavy (non-hydrogen) atoms. The largest absolute Gasteiger partial charge is 0.478 e. The van der Waals surface area contributed by atoms with E-state index in [1.807, 2.05) is 18.2 Å². The molecular weight excluding hydrogens is 358 g/mol. The average Bonchev–Trinajstić information content (AvgIpc) is 2.55. The minimum absolute atomic E-state index is 0.0453. The molecule has 0 bridgehead atoms. The molecule has 0 aliphatic carbocycles. The first-order valence-corrected chi connectivity index (χ1v) is 8.33. The number of ether oxygens (including phenoxy) is 1. The highest BCUT2D eigenvalue weighted by Crippen LogP contribution is 2.25. The van der Waals surface area contributed by atoms with Crippen molar-refractivity contribution in [3.63, 3.8) is 0 Å². The fourth-order valence-electron chi connectivity index (χ4n) is 2.82. The summed E-state index contributed by atoms with van der Waals surface area (Å²) in [6.07, 6.45) is 0.0453. The zero-order valence-electron chi connectivity index (χ0n) is 12.6. The van der Waals surface area contributed by atoms with Crippen LogP contribution in [-0.4, -0.2) is 35.7 Å². The molecule has 5 heteroatoms. The Hall–Kier alpha value is -1.69. The van der Waals surface area contributed by atoms with Gasteiger partial charge in [-0.3, -0.25) is 4.90 Å². The molecule has 1 unspecified atom stereocenters. The first kappa shape index (κ1) is 16.2. The van der Waals surface area contributed by atoms with Gasteiger partial charge < -0.3 is 9.84 Å². The van der Waals surface area contributed by atoms with Crippen molar-refractivity contribution < 1.29 is 14.6 Å². The van der Waals surface area contributed by atoms with E-state index in [0.717, 1.165) is 35.2 Å². The lowest BCUT2D eigenvalue weighted by atomic mass is 10.1. The molecular formula is C18H18BrNO3. The summed E-state index contributed by atoms with van der Waals surface area (Å²) < 4.78 is 6.94. The van der Waals surface area contributed by atoms with E-state index < -0.39 is 5.97 Å². The van der Waals surface area contributed by atoms with Gasteiger partial charge in [-0.25, -0.2) is 4.79 Å². The van der Waals surface area contributed by atoms with E-state index in [1.165, 1.54) is 0 Å². The van der Waals surface area contributed by atoms with Gasteiger partial charge in [0, 0.05) is 24.1 Å². The van der Waals surface area contributed by atoms with Crippen molar-refractivity contribution in [1.29, 1.82) is 0 Å². The zero-order valence-corrected chi connectivity index (χ0v) is 14.2. The number of morpholine rings is 1. The van der Waals surface area contributed by atoms with Crippen LogP contribution in [0.3, 0.4) is 0 Å². The highest BCUT2D eigenvalue weighted by Gasteiger charge is 2.22. The molecule has 1 aliphatic rings. The predicted molar refractivity (Wildman–Crippen MR) is 91.5 cm³/mol. The van der Waals surface area contributed by atoms with Gasteiger partial charge in [-0.05, 0) is 35.4 Å². The Bertz CT molecular complexity index is 704. The molecule has 2 aromatic rings. The number of benzene rings is 2. The van der Waals surface area contributed by atoms with Gasteiger partial charge in [0.1, 0.15) is 0 Å². The lowest BCUT2D eigenvalue weighted by molar-refractivity contribution is -0.0329. The Morgan fingerprint density at radius 3 is 2.87 bits per heavy atom. The molecule has 0 aromatic heterocycles. The Labute approximate surface area is 143 Å². The molecule has 1 atom stereocenters. The smallest absolute Gasteiger partial charge is 0.335 e. The average molecular weight is 376 g/mol. The second-order valence-electron chi connectivity index (χ2n) is 5.66. The summed E-state index contributed by atoms with van der Waals surface area (Å²) in [5.41, 5.74) is 2.50. The van der Waals surface area contributed by atoms with Gasteiger partial charge in [-0.1, -0.05) is 40.2 Å². The van der Waals surface area contributed by atoms with Gasteiger partial charge in [0.15, 0.2) is 0 Å². The zero-order chi connectivity index (χ0) is 16.2. The fourth-order valence-corrected chi connectivity index (χ4v) is 3.23. The molecule has 0 spiro atoms. The minimum Gasteiger partial charge on any atom is -0.478 e. The van der Waals surface area contributed by atoms with Crippen LogP contribution in [0.4, 0.5) is 0 Å². The van der Waals surface area contributed by atoms with E-state index >= 15 is 0 Å². The van der Waals surface area contributed by atoms with Crippen LogP contribution in [0, 0.1) is 0 Å². The number of carboxylic acid groups (broad SMARTS) is 1. The van der Waals surface area contributed by atoms with Gasteiger partial charge in [0.05, 0.1) is 18.3 Å². The Morgan fingerprint density at radius 2 is 2.09 bits per heavy atom. The molecule has 120 valence electrons. The maximum absolute atomic E-state index is 11.1. The van der Waals surface area contributed by atoms with Crippen LogP contribution in [0.2, 0.25) is 0 Å². The first-order valence-electron chi connectivity index (χ1n) is 7.53. The third-order valence-corrected chi connectivity index (χ3v) is 4.44. The van der Waals surface area contributed by atoms with E-state index in [4.69, 9.17) is 9.84 Å². The van der Waals surface area contributed by atoms with Crippen LogP contribution >= 0.6 is 15.9 Å². The highest BCUT2D eigenvalue weighted by molar-refractivity contribution is 9.10. The van der Waals surface area contributed by atoms with E-state index in [2.05, 4.69) is 33.0 Å². The van der Waals surface area contributed by atoms with Crippen molar-refractivity contribution >= 4 is 21.9 Å². The lowest BCUT2D eigenvalue weighted by Gasteiger charge is -2.33. The SMILES string of the molecule is O=C(O)c1cccc(CN2CCOC(c3cccc(Br)c3)C2)c1. The number of carbonyl (C=O) groups is 1. The minimum atomic E-state index is -0.888. The van der Waals surface area contributed by atoms with Crippen LogP contribution in [-0.2, 0) is 11.3 Å². The first-order chi connectivity index (χ1) is 11.1. The molecule has 3 rings (SSSR count). The summed E-state index contributed by atoms with van der Waals surface area (Å²) >= 11 is 3.49. The summed E-state index contributed by atoms with van der Waals surface area (Å²) in [6, 6.07) is 15.3. The predicted octanol–water partition coefficient (Wildman–Crippen LogP) is 3.72. The standard InChI is InChI=1S/C18H18BrNO3/c19-16-6-2-4-14(10-16)17-12-20(7-8-23-17)11-13-3-1-5-15(9-13)18(21)22/h1-6,9-10,17H,7-8,11-12H2,(H,21,22). The monoisotopic (exact) mass is 375 g/mol. The molecule has 1 N–H and O–H groups in total. The van der Waals surface area contributed by atoms with Crippen LogP contribution in [0.1, 0.15) is 27.6 Å². The van der Waals surface area contributed by atoms with Crippen molar-refractivity contribution in [1.82, 2.24) is 4.90 Å². The molecule has 1 aliphatic heterocycles. The van der Waals surface area contributed by atoms with Crippen molar-refractivity contribution in [3.05, 3.63) is 69.7 Å². The molecule has 1 heterocycles. The number of hydrogen-bond donors (Lipinski definition) is 1. The van der Waals surface area contributed by atoms with Crippen LogP contribution in [0.25, 0.3) is 0 Å². The summed E-state index contributed by atoms with van der Waals surface area (Å²) in [5, 5.41) is 9.09. The van der Waals surface area contributed by atoms with Gasteiger partial charge in [-0.15, -0.1) is 0 Å². The Morgan fingerprint density at radius 1 is 1.26 bits per heavy atom. The molecule has 0 saturated carbocycles. The van der Waals surface area contributed by atoms with Crippen molar-refractivity contribution in [2.24, 2.45) is 0 Å². The van der Waals surface area contributed by atoms with Crippen LogP contribution in [0.15, 0.2) is 53.0 Å². The van der Waals surface area contributed by atoms with Crippen molar-refractivity contribution in [2.45, 2.75) is 12.6 Å². The van der Waals surface area contributed by atoms with Crippen molar-refractivity contribution in [3.8, 4) is 0 Å². The number of rotatable bonds is 4. The summed E-state index contributed by atoms with van der Waals surface area (Å²) in [4.78, 5) is 13.4. The number of nitrogens with zero attached hydrogens (tertiary/aromatic N) is 1. The molecule has 0 amide bonds. The molecule has 1 fully saturated rings. The third-order valence-electron chi connectivity index (χ3n) is 3.95. The second-order valence-corrected chi connectivity index (χ2v) is 6.57. The second kappa shape index (κ2) is 7.25. The van der Waals surface area contributed by atoms with Gasteiger partial charge >= 0.3 is 5.97 Å². The van der Waals surface area contributed by atoms with Gasteiger partial charge in [0.25, 0.3) is 0 Å². The van der Waals surface area contributed by atoms with E-state index in [1.54, 1.807) is 18.2 Å². The van der Waals surface area contributed by atoms with E-state index in [0.29, 0.717) is 12.2 Å². The molecule has 4 nitrogen and oxygen atoms in total. The Balaban J connectivity index is 1.69. The quantitative estimate of drug-likeness (QED) is 0.884. The topological polar surface area (TPSA) is 49.8 Å². The van der Waals surface area contributed by atoms with Gasteiger partial charge in [0.2, 0.25) is 0 Å². The van der Waals surface area contributed by atoms with Gasteiger partial charge in [-0.2, -0.15) is 0 Å². The normalized spacial score (nSPS) is 18.7. The molecule has 2 aromatic carbocycles. The maximum Gasteiger partial charge on any atom is 0.335 e. The van der Waals surface area contributed by atoms with E-state index in [9.17, 15) is 4.79 Å². The number of halogens is 1. The number of hydrogen-bond acceptors (Lipinski definition) is 3. The number of carboxylic acids is 1. The number of aromatic carboxylic acids is 1. The molecule has 0 radical (unpaired) electrons. The molecule has 1 saturated heterocycles. The summed E-state index contributed by atoms with van der Waals surface area (Å²) in [7, 11) is 0. The van der Waals surface area contributed by atoms with Crippen LogP contribution in [0.5, 0.6) is 0 Å². The fraction of sp³-hybridized carbons (Fsp3) is 0.278. The van der Waals surface area contributed by atoms with Crippen molar-refractivity contribution in [2.75, 3.05) is 19.7 Å². The maximum atomic E-state index is 11.1. The Kier molecular flexibility index (Phi) is 5.10. The summed E-state index contributed by atoms with van der Waals surface area (Å²) in [6.45, 7) is 3.06. The highest BCUT2D eigenvalue weighted by atomic mass is 79.9.